The number of nitrogen functional groups attached to an aromatic ring is 1. The maximum atomic E-state index is 5.80. The van der Waals surface area contributed by atoms with E-state index in [1.807, 2.05) is 4.68 Å². The number of ether oxygens (including phenoxy) is 1. The highest BCUT2D eigenvalue weighted by atomic mass is 79.9. The van der Waals surface area contributed by atoms with Gasteiger partial charge in [0.1, 0.15) is 16.7 Å². The van der Waals surface area contributed by atoms with E-state index in [0.717, 1.165) is 24.1 Å². The van der Waals surface area contributed by atoms with Gasteiger partial charge in [0.15, 0.2) is 5.65 Å². The van der Waals surface area contributed by atoms with Gasteiger partial charge in [-0.25, -0.2) is 14.6 Å². The quantitative estimate of drug-likeness (QED) is 0.849. The van der Waals surface area contributed by atoms with Gasteiger partial charge in [0, 0.05) is 6.61 Å². The molecule has 6 nitrogen and oxygen atoms in total. The van der Waals surface area contributed by atoms with Crippen LogP contribution in [0.4, 0.5) is 5.82 Å². The normalized spacial score (nSPS) is 20.7. The highest BCUT2D eigenvalue weighted by Gasteiger charge is 2.23. The molecule has 1 aliphatic heterocycles. The first-order valence-corrected chi connectivity index (χ1v) is 5.78. The molecule has 2 aromatic rings. The summed E-state index contributed by atoms with van der Waals surface area (Å²) in [5.41, 5.74) is 6.56. The lowest BCUT2D eigenvalue weighted by Crippen LogP contribution is -2.11. The van der Waals surface area contributed by atoms with Gasteiger partial charge in [0.25, 0.3) is 0 Å². The summed E-state index contributed by atoms with van der Waals surface area (Å²) in [5, 5.41) is 5.18. The Bertz CT molecular complexity index is 534. The second-order valence-corrected chi connectivity index (χ2v) is 4.46. The molecule has 1 aliphatic rings. The van der Waals surface area contributed by atoms with E-state index in [9.17, 15) is 0 Å². The van der Waals surface area contributed by atoms with E-state index in [1.54, 1.807) is 0 Å². The van der Waals surface area contributed by atoms with Gasteiger partial charge in [0.05, 0.1) is 18.0 Å². The first-order chi connectivity index (χ1) is 7.77. The van der Waals surface area contributed by atoms with E-state index < -0.39 is 0 Å². The first kappa shape index (κ1) is 9.98. The van der Waals surface area contributed by atoms with Gasteiger partial charge in [0.2, 0.25) is 0 Å². The molecule has 3 rings (SSSR count). The van der Waals surface area contributed by atoms with Crippen LogP contribution in [0.25, 0.3) is 11.0 Å². The summed E-state index contributed by atoms with van der Waals surface area (Å²) in [6, 6.07) is 0.239. The van der Waals surface area contributed by atoms with Crippen LogP contribution in [-0.2, 0) is 4.74 Å². The fourth-order valence-electron chi connectivity index (χ4n) is 1.92. The van der Waals surface area contributed by atoms with Crippen molar-refractivity contribution in [3.63, 3.8) is 0 Å². The van der Waals surface area contributed by atoms with Gasteiger partial charge in [-0.2, -0.15) is 5.10 Å². The minimum Gasteiger partial charge on any atom is -0.383 e. The fraction of sp³-hybridized carbons (Fsp3) is 0.444. The molecule has 1 saturated heterocycles. The molecule has 84 valence electrons. The minimum absolute atomic E-state index is 0.239. The van der Waals surface area contributed by atoms with Crippen LogP contribution in [0.15, 0.2) is 10.9 Å². The number of anilines is 1. The summed E-state index contributed by atoms with van der Waals surface area (Å²) in [7, 11) is 0. The molecule has 16 heavy (non-hydrogen) atoms. The number of rotatable bonds is 1. The SMILES string of the molecule is Nc1ncnc2c1c(Br)nn2C1CCOC1. The summed E-state index contributed by atoms with van der Waals surface area (Å²) in [6.07, 6.45) is 2.41. The zero-order valence-corrected chi connectivity index (χ0v) is 10.0. The summed E-state index contributed by atoms with van der Waals surface area (Å²) in [5.74, 6) is 0.446. The first-order valence-electron chi connectivity index (χ1n) is 4.99. The molecule has 1 fully saturated rings. The lowest BCUT2D eigenvalue weighted by Gasteiger charge is -2.08. The third-order valence-electron chi connectivity index (χ3n) is 2.73. The maximum Gasteiger partial charge on any atom is 0.164 e. The zero-order valence-electron chi connectivity index (χ0n) is 8.43. The number of hydrogen-bond acceptors (Lipinski definition) is 5. The topological polar surface area (TPSA) is 78.9 Å². The number of hydrogen-bond donors (Lipinski definition) is 1. The smallest absolute Gasteiger partial charge is 0.164 e. The largest absolute Gasteiger partial charge is 0.383 e. The molecule has 0 spiro atoms. The Balaban J connectivity index is 2.22. The molecule has 0 amide bonds. The highest BCUT2D eigenvalue weighted by Crippen LogP contribution is 2.29. The lowest BCUT2D eigenvalue weighted by molar-refractivity contribution is 0.185. The summed E-state index contributed by atoms with van der Waals surface area (Å²) in [6.45, 7) is 1.44. The van der Waals surface area contributed by atoms with Crippen molar-refractivity contribution >= 4 is 32.8 Å². The van der Waals surface area contributed by atoms with Crippen molar-refractivity contribution in [2.45, 2.75) is 12.5 Å². The number of halogens is 1. The third kappa shape index (κ3) is 1.39. The molecule has 3 heterocycles. The van der Waals surface area contributed by atoms with E-state index in [1.165, 1.54) is 6.33 Å². The second kappa shape index (κ2) is 3.67. The van der Waals surface area contributed by atoms with E-state index >= 15 is 0 Å². The Morgan fingerprint density at radius 1 is 1.50 bits per heavy atom. The molecular formula is C9H10BrN5O. The standard InChI is InChI=1S/C9H10BrN5O/c10-7-6-8(11)12-4-13-9(6)15(14-7)5-1-2-16-3-5/h4-5H,1-3H2,(H2,11,12,13). The Morgan fingerprint density at radius 3 is 3.12 bits per heavy atom. The Kier molecular flexibility index (Phi) is 2.29. The molecular weight excluding hydrogens is 274 g/mol. The van der Waals surface area contributed by atoms with Crippen molar-refractivity contribution in [2.24, 2.45) is 0 Å². The number of nitrogens with zero attached hydrogens (tertiary/aromatic N) is 4. The Morgan fingerprint density at radius 2 is 2.38 bits per heavy atom. The lowest BCUT2D eigenvalue weighted by atomic mass is 10.3. The van der Waals surface area contributed by atoms with Crippen LogP contribution in [0.3, 0.4) is 0 Å². The van der Waals surface area contributed by atoms with Crippen LogP contribution in [0.2, 0.25) is 0 Å². The van der Waals surface area contributed by atoms with Crippen LogP contribution in [0, 0.1) is 0 Å². The zero-order chi connectivity index (χ0) is 11.1. The molecule has 2 aromatic heterocycles. The Hall–Kier alpha value is -1.21. The molecule has 0 saturated carbocycles. The third-order valence-corrected chi connectivity index (χ3v) is 3.28. The molecule has 0 aliphatic carbocycles. The van der Waals surface area contributed by atoms with E-state index in [-0.39, 0.29) is 6.04 Å². The van der Waals surface area contributed by atoms with Crippen molar-refractivity contribution in [2.75, 3.05) is 18.9 Å². The van der Waals surface area contributed by atoms with Crippen LogP contribution >= 0.6 is 15.9 Å². The molecule has 1 unspecified atom stereocenters. The second-order valence-electron chi connectivity index (χ2n) is 3.71. The minimum atomic E-state index is 0.239. The predicted octanol–water partition coefficient (Wildman–Crippen LogP) is 1.13. The number of aromatic nitrogens is 4. The van der Waals surface area contributed by atoms with Crippen LogP contribution in [0.5, 0.6) is 0 Å². The summed E-state index contributed by atoms with van der Waals surface area (Å²) < 4.78 is 7.90. The van der Waals surface area contributed by atoms with Crippen molar-refractivity contribution in [3.05, 3.63) is 10.9 Å². The van der Waals surface area contributed by atoms with Crippen molar-refractivity contribution < 1.29 is 4.74 Å². The van der Waals surface area contributed by atoms with Crippen LogP contribution in [0.1, 0.15) is 12.5 Å². The molecule has 1 atom stereocenters. The molecule has 7 heteroatoms. The van der Waals surface area contributed by atoms with E-state index in [2.05, 4.69) is 31.0 Å². The van der Waals surface area contributed by atoms with Gasteiger partial charge in [-0.3, -0.25) is 0 Å². The number of fused-ring (bicyclic) bond motifs is 1. The average Bonchev–Trinajstić information content (AvgIpc) is 2.86. The van der Waals surface area contributed by atoms with Crippen molar-refractivity contribution in [1.82, 2.24) is 19.7 Å². The molecule has 2 N–H and O–H groups in total. The van der Waals surface area contributed by atoms with Gasteiger partial charge < -0.3 is 10.5 Å². The van der Waals surface area contributed by atoms with Crippen LogP contribution in [-0.4, -0.2) is 33.0 Å². The van der Waals surface area contributed by atoms with Crippen LogP contribution < -0.4 is 5.73 Å². The summed E-state index contributed by atoms with van der Waals surface area (Å²) in [4.78, 5) is 8.19. The predicted molar refractivity (Wildman–Crippen MR) is 61.9 cm³/mol. The number of nitrogens with two attached hydrogens (primary N) is 1. The molecule has 0 aromatic carbocycles. The van der Waals surface area contributed by atoms with Gasteiger partial charge in [-0.15, -0.1) is 0 Å². The Labute approximate surface area is 99.9 Å². The van der Waals surface area contributed by atoms with Crippen molar-refractivity contribution in [3.8, 4) is 0 Å². The average molecular weight is 284 g/mol. The van der Waals surface area contributed by atoms with E-state index in [4.69, 9.17) is 10.5 Å². The van der Waals surface area contributed by atoms with E-state index in [0.29, 0.717) is 17.0 Å². The monoisotopic (exact) mass is 283 g/mol. The maximum absolute atomic E-state index is 5.80. The summed E-state index contributed by atoms with van der Waals surface area (Å²) >= 11 is 3.38. The molecule has 0 bridgehead atoms. The van der Waals surface area contributed by atoms with Gasteiger partial charge in [-0.05, 0) is 22.4 Å². The van der Waals surface area contributed by atoms with Gasteiger partial charge >= 0.3 is 0 Å². The highest BCUT2D eigenvalue weighted by molar-refractivity contribution is 9.10. The molecule has 0 radical (unpaired) electrons. The van der Waals surface area contributed by atoms with Crippen molar-refractivity contribution in [1.29, 1.82) is 0 Å². The van der Waals surface area contributed by atoms with Gasteiger partial charge in [-0.1, -0.05) is 0 Å². The fourth-order valence-corrected chi connectivity index (χ4v) is 2.47.